The molecule has 5 rings (SSSR count). The summed E-state index contributed by atoms with van der Waals surface area (Å²) in [4.78, 5) is 18.6. The van der Waals surface area contributed by atoms with Crippen LogP contribution < -0.4 is 15.2 Å². The van der Waals surface area contributed by atoms with Crippen molar-refractivity contribution in [2.75, 3.05) is 57.4 Å². The van der Waals surface area contributed by atoms with Crippen molar-refractivity contribution in [2.24, 2.45) is 0 Å². The maximum atomic E-state index is 12.7. The van der Waals surface area contributed by atoms with Crippen LogP contribution >= 0.6 is 11.3 Å². The molecule has 8 heteroatoms. The quantitative estimate of drug-likeness (QED) is 0.200. The van der Waals surface area contributed by atoms with Crippen LogP contribution in [0.2, 0.25) is 0 Å². The number of aromatic nitrogens is 2. The van der Waals surface area contributed by atoms with E-state index in [4.69, 9.17) is 14.6 Å². The number of rotatable bonds is 12. The summed E-state index contributed by atoms with van der Waals surface area (Å²) in [5, 5.41) is 5.49. The Labute approximate surface area is 240 Å². The lowest BCUT2D eigenvalue weighted by Gasteiger charge is -2.26. The van der Waals surface area contributed by atoms with Crippen LogP contribution in [0.1, 0.15) is 26.7 Å². The van der Waals surface area contributed by atoms with Gasteiger partial charge >= 0.3 is 0 Å². The van der Waals surface area contributed by atoms with E-state index in [0.29, 0.717) is 6.61 Å². The van der Waals surface area contributed by atoms with Crippen molar-refractivity contribution in [2.45, 2.75) is 26.7 Å². The Bertz CT molecular complexity index is 1410. The van der Waals surface area contributed by atoms with Crippen LogP contribution in [0.5, 0.6) is 5.75 Å². The van der Waals surface area contributed by atoms with Crippen molar-refractivity contribution in [3.8, 4) is 32.4 Å². The molecule has 0 atom stereocenters. The van der Waals surface area contributed by atoms with Crippen LogP contribution in [0.15, 0.2) is 77.6 Å². The van der Waals surface area contributed by atoms with E-state index < -0.39 is 0 Å². The molecule has 1 aliphatic heterocycles. The van der Waals surface area contributed by atoms with Gasteiger partial charge in [0, 0.05) is 48.4 Å². The molecule has 210 valence electrons. The molecule has 1 fully saturated rings. The van der Waals surface area contributed by atoms with Crippen molar-refractivity contribution < 1.29 is 9.47 Å². The van der Waals surface area contributed by atoms with Crippen molar-refractivity contribution >= 4 is 17.0 Å². The number of unbranched alkanes of at least 4 members (excludes halogenated alkanes) is 1. The van der Waals surface area contributed by atoms with E-state index in [1.807, 2.05) is 30.3 Å². The third-order valence-electron chi connectivity index (χ3n) is 7.27. The van der Waals surface area contributed by atoms with Crippen LogP contribution in [-0.2, 0) is 4.74 Å². The fourth-order valence-electron chi connectivity index (χ4n) is 4.92. The molecule has 0 N–H and O–H groups in total. The van der Waals surface area contributed by atoms with E-state index in [9.17, 15) is 4.79 Å². The molecule has 40 heavy (non-hydrogen) atoms. The number of hydrogen-bond acceptors (Lipinski definition) is 7. The van der Waals surface area contributed by atoms with Gasteiger partial charge in [0.15, 0.2) is 0 Å². The minimum atomic E-state index is -0.147. The minimum absolute atomic E-state index is 0.147. The Morgan fingerprint density at radius 2 is 1.60 bits per heavy atom. The molecule has 0 amide bonds. The van der Waals surface area contributed by atoms with E-state index in [2.05, 4.69) is 54.0 Å². The predicted octanol–water partition coefficient (Wildman–Crippen LogP) is 5.97. The zero-order valence-electron chi connectivity index (χ0n) is 23.4. The average molecular weight is 559 g/mol. The topological polar surface area (TPSA) is 59.8 Å². The lowest BCUT2D eigenvalue weighted by Crippen LogP contribution is -2.36. The normalized spacial score (nSPS) is 13.8. The van der Waals surface area contributed by atoms with Gasteiger partial charge in [-0.1, -0.05) is 12.1 Å². The van der Waals surface area contributed by atoms with Gasteiger partial charge in [-0.25, -0.2) is 0 Å². The number of nitrogens with zero attached hydrogens (tertiary/aromatic N) is 4. The van der Waals surface area contributed by atoms with E-state index in [1.165, 1.54) is 10.4 Å². The van der Waals surface area contributed by atoms with Crippen LogP contribution in [0.3, 0.4) is 0 Å². The largest absolute Gasteiger partial charge is 0.494 e. The number of morpholine rings is 1. The van der Waals surface area contributed by atoms with Crippen molar-refractivity contribution in [3.63, 3.8) is 0 Å². The molecule has 7 nitrogen and oxygen atoms in total. The van der Waals surface area contributed by atoms with Gasteiger partial charge in [0.2, 0.25) is 0 Å². The maximum Gasteiger partial charge on any atom is 0.272 e. The molecule has 2 aromatic heterocycles. The second kappa shape index (κ2) is 13.7. The highest BCUT2D eigenvalue weighted by atomic mass is 32.1. The third-order valence-corrected chi connectivity index (χ3v) is 8.38. The van der Waals surface area contributed by atoms with Crippen LogP contribution in [0, 0.1) is 0 Å². The van der Waals surface area contributed by atoms with Gasteiger partial charge in [-0.2, -0.15) is 9.78 Å². The Hall–Kier alpha value is -3.46. The Balaban J connectivity index is 1.21. The molecule has 3 heterocycles. The van der Waals surface area contributed by atoms with Crippen molar-refractivity contribution in [1.82, 2.24) is 14.7 Å². The standard InChI is InChI=1S/C32H38N4O3S/c1-3-35(4-2)27-11-7-26(8-12-27)30-16-18-32(40-30)36-31(37)17-15-29(33-36)25-9-13-28(14-10-25)39-22-6-5-19-34-20-23-38-24-21-34/h7-18H,3-6,19-24H2,1-2H3. The Morgan fingerprint density at radius 1 is 0.875 bits per heavy atom. The van der Waals surface area contributed by atoms with E-state index in [0.717, 1.165) is 91.2 Å². The summed E-state index contributed by atoms with van der Waals surface area (Å²) in [6.07, 6.45) is 2.14. The lowest BCUT2D eigenvalue weighted by atomic mass is 10.1. The number of ether oxygens (including phenoxy) is 2. The number of hydrogen-bond donors (Lipinski definition) is 0. The molecule has 1 saturated heterocycles. The third kappa shape index (κ3) is 6.99. The van der Waals surface area contributed by atoms with Gasteiger partial charge in [-0.15, -0.1) is 11.3 Å². The summed E-state index contributed by atoms with van der Waals surface area (Å²) >= 11 is 1.56. The predicted molar refractivity (Wildman–Crippen MR) is 164 cm³/mol. The highest BCUT2D eigenvalue weighted by Gasteiger charge is 2.11. The monoisotopic (exact) mass is 558 g/mol. The Morgan fingerprint density at radius 3 is 2.33 bits per heavy atom. The average Bonchev–Trinajstić information content (AvgIpc) is 3.49. The molecular weight excluding hydrogens is 520 g/mol. The summed E-state index contributed by atoms with van der Waals surface area (Å²) < 4.78 is 12.9. The van der Waals surface area contributed by atoms with Gasteiger partial charge in [0.25, 0.3) is 5.56 Å². The zero-order chi connectivity index (χ0) is 27.7. The van der Waals surface area contributed by atoms with E-state index in [-0.39, 0.29) is 5.56 Å². The first kappa shape index (κ1) is 28.1. The zero-order valence-corrected chi connectivity index (χ0v) is 24.2. The Kier molecular flexibility index (Phi) is 9.65. The molecule has 0 saturated carbocycles. The molecule has 0 radical (unpaired) electrons. The number of benzene rings is 2. The first-order valence-corrected chi connectivity index (χ1v) is 15.1. The molecule has 0 unspecified atom stereocenters. The molecule has 0 bridgehead atoms. The van der Waals surface area contributed by atoms with Gasteiger partial charge in [-0.3, -0.25) is 9.69 Å². The maximum absolute atomic E-state index is 12.7. The molecule has 0 aliphatic carbocycles. The van der Waals surface area contributed by atoms with E-state index in [1.54, 1.807) is 23.5 Å². The number of anilines is 1. The number of thiophene rings is 1. The second-order valence-corrected chi connectivity index (χ2v) is 10.9. The van der Waals surface area contributed by atoms with E-state index >= 15 is 0 Å². The summed E-state index contributed by atoms with van der Waals surface area (Å²) in [6.45, 7) is 11.8. The SMILES string of the molecule is CCN(CC)c1ccc(-c2ccc(-n3nc(-c4ccc(OCCCCN5CCOCC5)cc4)ccc3=O)s2)cc1. The molecular formula is C32H38N4O3S. The smallest absolute Gasteiger partial charge is 0.272 e. The summed E-state index contributed by atoms with van der Waals surface area (Å²) in [6, 6.07) is 23.9. The van der Waals surface area contributed by atoms with Crippen LogP contribution in [0.25, 0.3) is 26.7 Å². The van der Waals surface area contributed by atoms with Gasteiger partial charge in [0.1, 0.15) is 10.8 Å². The van der Waals surface area contributed by atoms with Crippen LogP contribution in [0.4, 0.5) is 5.69 Å². The molecule has 1 aliphatic rings. The van der Waals surface area contributed by atoms with Gasteiger partial charge < -0.3 is 14.4 Å². The fraction of sp³-hybridized carbons (Fsp3) is 0.375. The van der Waals surface area contributed by atoms with Gasteiger partial charge in [-0.05, 0) is 93.4 Å². The molecule has 0 spiro atoms. The second-order valence-electron chi connectivity index (χ2n) is 9.86. The molecule has 4 aromatic rings. The summed E-state index contributed by atoms with van der Waals surface area (Å²) in [5.74, 6) is 0.846. The van der Waals surface area contributed by atoms with Gasteiger partial charge in [0.05, 0.1) is 25.5 Å². The van der Waals surface area contributed by atoms with Crippen molar-refractivity contribution in [3.05, 3.63) is 83.2 Å². The highest BCUT2D eigenvalue weighted by Crippen LogP contribution is 2.31. The first-order chi connectivity index (χ1) is 19.6. The summed E-state index contributed by atoms with van der Waals surface area (Å²) in [7, 11) is 0. The van der Waals surface area contributed by atoms with Crippen molar-refractivity contribution in [1.29, 1.82) is 0 Å². The highest BCUT2D eigenvalue weighted by molar-refractivity contribution is 7.17. The lowest BCUT2D eigenvalue weighted by molar-refractivity contribution is 0.0368. The fourth-order valence-corrected chi connectivity index (χ4v) is 5.89. The first-order valence-electron chi connectivity index (χ1n) is 14.2. The summed E-state index contributed by atoms with van der Waals surface area (Å²) in [5.41, 5.74) is 3.89. The molecule has 2 aromatic carbocycles. The van der Waals surface area contributed by atoms with Crippen LogP contribution in [-0.4, -0.2) is 67.2 Å². The minimum Gasteiger partial charge on any atom is -0.494 e.